The van der Waals surface area contributed by atoms with E-state index < -0.39 is 33.8 Å². The Morgan fingerprint density at radius 2 is 2.04 bits per heavy atom. The fourth-order valence-corrected chi connectivity index (χ4v) is 3.12. The lowest BCUT2D eigenvalue weighted by Gasteiger charge is -2.18. The molecule has 1 saturated heterocycles. The first kappa shape index (κ1) is 19.2. The van der Waals surface area contributed by atoms with Crippen LogP contribution in [0.5, 0.6) is 11.5 Å². The van der Waals surface area contributed by atoms with Crippen LogP contribution in [0.2, 0.25) is 0 Å². The Bertz CT molecular complexity index is 835. The van der Waals surface area contributed by atoms with Gasteiger partial charge in [0.2, 0.25) is 0 Å². The number of phenolic OH excluding ortho intramolecular Hbond substituents is 1. The SMILES string of the molecule is COC(=O)[C@H](C)N1C(=O)S/C(=C/c2cc([N+](=O)[O-])cc(OC)c2O)C1=O. The lowest BCUT2D eigenvalue weighted by Crippen LogP contribution is -2.42. The van der Waals surface area contributed by atoms with Crippen LogP contribution in [0.1, 0.15) is 12.5 Å². The number of rotatable bonds is 5. The molecule has 11 heteroatoms. The van der Waals surface area contributed by atoms with Crippen LogP contribution in [-0.2, 0) is 14.3 Å². The zero-order valence-electron chi connectivity index (χ0n) is 13.9. The molecule has 1 atom stereocenters. The molecule has 0 bridgehead atoms. The Hall–Kier alpha value is -3.08. The van der Waals surface area contributed by atoms with Crippen LogP contribution in [0.15, 0.2) is 17.0 Å². The molecule has 0 aliphatic carbocycles. The van der Waals surface area contributed by atoms with Crippen molar-refractivity contribution in [1.29, 1.82) is 0 Å². The Morgan fingerprint density at radius 3 is 2.58 bits per heavy atom. The summed E-state index contributed by atoms with van der Waals surface area (Å²) in [7, 11) is 2.34. The number of nitro benzene ring substituents is 1. The highest BCUT2D eigenvalue weighted by atomic mass is 32.2. The van der Waals surface area contributed by atoms with Crippen molar-refractivity contribution in [3.05, 3.63) is 32.7 Å². The molecule has 0 unspecified atom stereocenters. The summed E-state index contributed by atoms with van der Waals surface area (Å²) in [6.07, 6.45) is 1.12. The van der Waals surface area contributed by atoms with E-state index in [0.717, 1.165) is 25.3 Å². The van der Waals surface area contributed by atoms with Crippen molar-refractivity contribution in [2.45, 2.75) is 13.0 Å². The molecular formula is C15H14N2O8S. The number of esters is 1. The molecule has 0 saturated carbocycles. The number of aromatic hydroxyl groups is 1. The van der Waals surface area contributed by atoms with Gasteiger partial charge in [0.1, 0.15) is 6.04 Å². The van der Waals surface area contributed by atoms with E-state index in [1.807, 2.05) is 0 Å². The molecule has 1 aromatic rings. The molecular weight excluding hydrogens is 368 g/mol. The maximum absolute atomic E-state index is 12.4. The number of imide groups is 1. The number of carbonyl (C=O) groups is 3. The molecule has 0 radical (unpaired) electrons. The van der Waals surface area contributed by atoms with Gasteiger partial charge in [0.15, 0.2) is 11.5 Å². The van der Waals surface area contributed by atoms with Crippen molar-refractivity contribution in [2.24, 2.45) is 0 Å². The average Bonchev–Trinajstić information content (AvgIpc) is 2.88. The van der Waals surface area contributed by atoms with Crippen LogP contribution >= 0.6 is 11.8 Å². The minimum Gasteiger partial charge on any atom is -0.504 e. The quantitative estimate of drug-likeness (QED) is 0.350. The van der Waals surface area contributed by atoms with Gasteiger partial charge >= 0.3 is 5.97 Å². The number of benzene rings is 1. The van der Waals surface area contributed by atoms with E-state index in [1.54, 1.807) is 0 Å². The van der Waals surface area contributed by atoms with E-state index in [0.29, 0.717) is 16.7 Å². The van der Waals surface area contributed by atoms with Gasteiger partial charge in [-0.05, 0) is 24.8 Å². The maximum atomic E-state index is 12.4. The summed E-state index contributed by atoms with van der Waals surface area (Å²) in [6, 6.07) is 0.930. The molecule has 1 aliphatic rings. The number of carbonyl (C=O) groups excluding carboxylic acids is 3. The highest BCUT2D eigenvalue weighted by Gasteiger charge is 2.41. The summed E-state index contributed by atoms with van der Waals surface area (Å²) in [5, 5.41) is 20.4. The molecule has 0 spiro atoms. The monoisotopic (exact) mass is 382 g/mol. The minimum atomic E-state index is -1.13. The van der Waals surface area contributed by atoms with Gasteiger partial charge in [-0.1, -0.05) is 0 Å². The van der Waals surface area contributed by atoms with Gasteiger partial charge in [-0.3, -0.25) is 24.6 Å². The number of thioether (sulfide) groups is 1. The minimum absolute atomic E-state index is 0.0766. The number of nitro groups is 1. The molecule has 1 aromatic carbocycles. The number of ether oxygens (including phenoxy) is 2. The Morgan fingerprint density at radius 1 is 1.38 bits per heavy atom. The summed E-state index contributed by atoms with van der Waals surface area (Å²) in [5.41, 5.74) is -0.444. The van der Waals surface area contributed by atoms with Crippen molar-refractivity contribution < 1.29 is 33.9 Å². The Kier molecular flexibility index (Phi) is 5.50. The van der Waals surface area contributed by atoms with E-state index in [-0.39, 0.29) is 21.9 Å². The number of hydrogen-bond donors (Lipinski definition) is 1. The first-order valence-electron chi connectivity index (χ1n) is 7.11. The molecule has 1 aliphatic heterocycles. The molecule has 0 aromatic heterocycles. The van der Waals surface area contributed by atoms with Gasteiger partial charge in [0.25, 0.3) is 16.8 Å². The molecule has 138 valence electrons. The normalized spacial score (nSPS) is 16.7. The first-order valence-corrected chi connectivity index (χ1v) is 7.93. The lowest BCUT2D eigenvalue weighted by molar-refractivity contribution is -0.385. The van der Waals surface area contributed by atoms with Crippen molar-refractivity contribution in [1.82, 2.24) is 4.90 Å². The lowest BCUT2D eigenvalue weighted by atomic mass is 10.1. The fourth-order valence-electron chi connectivity index (χ4n) is 2.22. The van der Waals surface area contributed by atoms with Crippen LogP contribution < -0.4 is 4.74 Å². The molecule has 1 heterocycles. The zero-order valence-corrected chi connectivity index (χ0v) is 14.7. The summed E-state index contributed by atoms with van der Waals surface area (Å²) in [4.78, 5) is 47.0. The van der Waals surface area contributed by atoms with E-state index in [1.165, 1.54) is 14.0 Å². The Balaban J connectivity index is 2.46. The second kappa shape index (κ2) is 7.44. The van der Waals surface area contributed by atoms with Crippen LogP contribution in [0.4, 0.5) is 10.5 Å². The highest BCUT2D eigenvalue weighted by Crippen LogP contribution is 2.39. The number of methoxy groups -OCH3 is 2. The van der Waals surface area contributed by atoms with Gasteiger partial charge in [-0.15, -0.1) is 0 Å². The standard InChI is InChI=1S/C15H14N2O8S/c1-7(14(20)25-3)16-13(19)11(26-15(16)21)5-8-4-9(17(22)23)6-10(24-2)12(8)18/h4-7,18H,1-3H3/b11-5+/t7-/m0/s1. The predicted octanol–water partition coefficient (Wildman–Crippen LogP) is 1.91. The number of phenols is 1. The van der Waals surface area contributed by atoms with Crippen LogP contribution in [0.3, 0.4) is 0 Å². The van der Waals surface area contributed by atoms with Gasteiger partial charge in [0.05, 0.1) is 30.1 Å². The van der Waals surface area contributed by atoms with E-state index in [9.17, 15) is 29.6 Å². The summed E-state index contributed by atoms with van der Waals surface area (Å²) in [6.45, 7) is 1.33. The fraction of sp³-hybridized carbons (Fsp3) is 0.267. The summed E-state index contributed by atoms with van der Waals surface area (Å²) < 4.78 is 9.40. The summed E-state index contributed by atoms with van der Waals surface area (Å²) >= 11 is 0.538. The van der Waals surface area contributed by atoms with E-state index in [4.69, 9.17) is 4.74 Å². The molecule has 2 rings (SSSR count). The third-order valence-electron chi connectivity index (χ3n) is 3.56. The van der Waals surface area contributed by atoms with Crippen molar-refractivity contribution in [3.8, 4) is 11.5 Å². The van der Waals surface area contributed by atoms with Gasteiger partial charge in [0, 0.05) is 11.6 Å². The zero-order chi connectivity index (χ0) is 19.6. The molecule has 26 heavy (non-hydrogen) atoms. The number of amides is 2. The molecule has 1 fully saturated rings. The third-order valence-corrected chi connectivity index (χ3v) is 4.44. The first-order chi connectivity index (χ1) is 12.2. The number of non-ortho nitro benzene ring substituents is 1. The number of nitrogens with zero attached hydrogens (tertiary/aromatic N) is 2. The van der Waals surface area contributed by atoms with Gasteiger partial charge < -0.3 is 14.6 Å². The maximum Gasteiger partial charge on any atom is 0.328 e. The number of hydrogen-bond acceptors (Lipinski definition) is 9. The predicted molar refractivity (Wildman–Crippen MR) is 90.6 cm³/mol. The van der Waals surface area contributed by atoms with Crippen molar-refractivity contribution in [2.75, 3.05) is 14.2 Å². The van der Waals surface area contributed by atoms with E-state index >= 15 is 0 Å². The average molecular weight is 382 g/mol. The second-order valence-corrected chi connectivity index (χ2v) is 6.09. The van der Waals surface area contributed by atoms with Crippen LogP contribution in [0, 0.1) is 10.1 Å². The topological polar surface area (TPSA) is 136 Å². The van der Waals surface area contributed by atoms with Crippen LogP contribution in [-0.4, -0.2) is 52.3 Å². The van der Waals surface area contributed by atoms with Crippen LogP contribution in [0.25, 0.3) is 6.08 Å². The second-order valence-electron chi connectivity index (χ2n) is 5.09. The van der Waals surface area contributed by atoms with Gasteiger partial charge in [-0.2, -0.15) is 0 Å². The van der Waals surface area contributed by atoms with Crippen molar-refractivity contribution >= 4 is 40.6 Å². The van der Waals surface area contributed by atoms with Crippen molar-refractivity contribution in [3.63, 3.8) is 0 Å². The molecule has 10 nitrogen and oxygen atoms in total. The molecule has 2 amide bonds. The largest absolute Gasteiger partial charge is 0.504 e. The van der Waals surface area contributed by atoms with Gasteiger partial charge in [-0.25, -0.2) is 4.79 Å². The molecule has 1 N–H and O–H groups in total. The third kappa shape index (κ3) is 3.47. The van der Waals surface area contributed by atoms with E-state index in [2.05, 4.69) is 4.74 Å². The summed E-state index contributed by atoms with van der Waals surface area (Å²) in [5.74, 6) is -2.13. The smallest absolute Gasteiger partial charge is 0.328 e. The highest BCUT2D eigenvalue weighted by molar-refractivity contribution is 8.18. The Labute approximate surface area is 151 Å².